The third kappa shape index (κ3) is 7.81. The molecule has 0 heterocycles. The second kappa shape index (κ2) is 13.1. The second-order valence-corrected chi connectivity index (χ2v) is 6.93. The first-order valence-corrected chi connectivity index (χ1v) is 9.30. The zero-order chi connectivity index (χ0) is 20.1. The fourth-order valence-corrected chi connectivity index (χ4v) is 2.54. The number of unbranched alkanes of at least 4 members (excludes halogenated alkanes) is 1. The van der Waals surface area contributed by atoms with Gasteiger partial charge < -0.3 is 4.90 Å². The van der Waals surface area contributed by atoms with Crippen LogP contribution in [0.1, 0.15) is 40.5 Å². The SMILES string of the molecule is C=C/C=C(\C=C)C(N=C)C(N=CN(C)C(C)C)/C(=C/CCC=C)C(C)C. The summed E-state index contributed by atoms with van der Waals surface area (Å²) in [7, 11) is 2.03. The van der Waals surface area contributed by atoms with E-state index in [-0.39, 0.29) is 12.1 Å². The van der Waals surface area contributed by atoms with Crippen LogP contribution in [-0.2, 0) is 0 Å². The van der Waals surface area contributed by atoms with E-state index in [1.165, 1.54) is 5.57 Å². The molecular weight excluding hydrogens is 318 g/mol. The highest BCUT2D eigenvalue weighted by Gasteiger charge is 2.27. The molecule has 2 atom stereocenters. The van der Waals surface area contributed by atoms with E-state index in [1.54, 1.807) is 6.08 Å². The van der Waals surface area contributed by atoms with E-state index < -0.39 is 0 Å². The molecular formula is C23H37N3. The van der Waals surface area contributed by atoms with Crippen molar-refractivity contribution in [1.82, 2.24) is 4.90 Å². The van der Waals surface area contributed by atoms with Crippen molar-refractivity contribution in [2.75, 3.05) is 7.05 Å². The molecule has 0 aromatic carbocycles. The highest BCUT2D eigenvalue weighted by atomic mass is 15.1. The van der Waals surface area contributed by atoms with Gasteiger partial charge in [-0.05, 0) is 50.5 Å². The Bertz CT molecular complexity index is 550. The summed E-state index contributed by atoms with van der Waals surface area (Å²) in [5.41, 5.74) is 2.23. The molecule has 0 aliphatic rings. The topological polar surface area (TPSA) is 28.0 Å². The molecule has 0 aromatic heterocycles. The van der Waals surface area contributed by atoms with Gasteiger partial charge in [0.05, 0.1) is 12.4 Å². The lowest BCUT2D eigenvalue weighted by atomic mass is 9.86. The quantitative estimate of drug-likeness (QED) is 0.138. The van der Waals surface area contributed by atoms with Crippen LogP contribution in [0.3, 0.4) is 0 Å². The molecule has 0 bridgehead atoms. The molecule has 0 fully saturated rings. The van der Waals surface area contributed by atoms with Crippen molar-refractivity contribution >= 4 is 13.1 Å². The Kier molecular flexibility index (Phi) is 12.0. The third-order valence-corrected chi connectivity index (χ3v) is 4.37. The van der Waals surface area contributed by atoms with Crippen LogP contribution in [-0.4, -0.2) is 43.1 Å². The number of rotatable bonds is 13. The van der Waals surface area contributed by atoms with E-state index in [9.17, 15) is 0 Å². The fraction of sp³-hybridized carbons (Fsp3) is 0.478. The number of aliphatic imine (C=N–C) groups is 2. The molecule has 0 saturated heterocycles. The summed E-state index contributed by atoms with van der Waals surface area (Å²) in [5.74, 6) is 0.352. The number of nitrogens with zero attached hydrogens (tertiary/aromatic N) is 3. The van der Waals surface area contributed by atoms with Gasteiger partial charge in [-0.2, -0.15) is 0 Å². The van der Waals surface area contributed by atoms with E-state index in [0.29, 0.717) is 12.0 Å². The van der Waals surface area contributed by atoms with Gasteiger partial charge in [-0.25, -0.2) is 0 Å². The molecule has 0 rings (SSSR count). The number of allylic oxidation sites excluding steroid dienone is 4. The molecule has 0 aliphatic carbocycles. The lowest BCUT2D eigenvalue weighted by molar-refractivity contribution is 0.425. The normalized spacial score (nSPS) is 15.2. The van der Waals surface area contributed by atoms with Crippen LogP contribution in [0.25, 0.3) is 0 Å². The summed E-state index contributed by atoms with van der Waals surface area (Å²) in [5, 5.41) is 0. The molecule has 0 amide bonds. The van der Waals surface area contributed by atoms with Gasteiger partial charge in [0.1, 0.15) is 6.04 Å². The summed E-state index contributed by atoms with van der Waals surface area (Å²) >= 11 is 0. The standard InChI is InChI=1S/C23H37N3/c1-10-13-14-16-21(18(4)5)23(25-17-26(9)19(6)7)22(24-8)20(12-3)15-11-2/h10-12,15-19,22-23H,1-3,8,13-14H2,4-7,9H3/b20-15+,21-16+,25-17?. The van der Waals surface area contributed by atoms with Gasteiger partial charge in [0.2, 0.25) is 0 Å². The van der Waals surface area contributed by atoms with Crippen molar-refractivity contribution in [2.24, 2.45) is 15.9 Å². The minimum Gasteiger partial charge on any atom is -0.364 e. The van der Waals surface area contributed by atoms with E-state index in [4.69, 9.17) is 4.99 Å². The summed E-state index contributed by atoms with van der Waals surface area (Å²) in [6.07, 6.45) is 13.5. The zero-order valence-electron chi connectivity index (χ0n) is 17.4. The molecule has 0 radical (unpaired) electrons. The Morgan fingerprint density at radius 2 is 1.69 bits per heavy atom. The first-order chi connectivity index (χ1) is 12.3. The van der Waals surface area contributed by atoms with Crippen molar-refractivity contribution in [3.05, 3.63) is 61.3 Å². The van der Waals surface area contributed by atoms with E-state index in [0.717, 1.165) is 18.4 Å². The first-order valence-electron chi connectivity index (χ1n) is 9.30. The first kappa shape index (κ1) is 23.8. The van der Waals surface area contributed by atoms with Crippen LogP contribution in [0.15, 0.2) is 71.2 Å². The minimum atomic E-state index is -0.195. The van der Waals surface area contributed by atoms with Crippen LogP contribution >= 0.6 is 0 Å². The van der Waals surface area contributed by atoms with Gasteiger partial charge in [-0.3, -0.25) is 9.98 Å². The lowest BCUT2D eigenvalue weighted by Crippen LogP contribution is -2.31. The molecule has 3 heteroatoms. The Morgan fingerprint density at radius 3 is 2.12 bits per heavy atom. The molecule has 0 spiro atoms. The van der Waals surface area contributed by atoms with Crippen LogP contribution in [0, 0.1) is 5.92 Å². The van der Waals surface area contributed by atoms with Crippen LogP contribution < -0.4 is 0 Å². The molecule has 2 unspecified atom stereocenters. The smallest absolute Gasteiger partial charge is 0.100 e. The molecule has 26 heavy (non-hydrogen) atoms. The second-order valence-electron chi connectivity index (χ2n) is 6.93. The van der Waals surface area contributed by atoms with Crippen molar-refractivity contribution in [2.45, 2.75) is 58.7 Å². The molecule has 0 N–H and O–H groups in total. The van der Waals surface area contributed by atoms with Crippen molar-refractivity contribution in [3.63, 3.8) is 0 Å². The van der Waals surface area contributed by atoms with E-state index in [1.807, 2.05) is 31.6 Å². The fourth-order valence-electron chi connectivity index (χ4n) is 2.54. The number of hydrogen-bond acceptors (Lipinski definition) is 2. The molecule has 0 saturated carbocycles. The molecule has 3 nitrogen and oxygen atoms in total. The van der Waals surface area contributed by atoms with E-state index in [2.05, 4.69) is 70.1 Å². The minimum absolute atomic E-state index is 0.122. The van der Waals surface area contributed by atoms with Crippen molar-refractivity contribution in [3.8, 4) is 0 Å². The van der Waals surface area contributed by atoms with Crippen molar-refractivity contribution in [1.29, 1.82) is 0 Å². The highest BCUT2D eigenvalue weighted by Crippen LogP contribution is 2.27. The van der Waals surface area contributed by atoms with Crippen molar-refractivity contribution < 1.29 is 0 Å². The Balaban J connectivity index is 6.12. The summed E-state index contributed by atoms with van der Waals surface area (Å²) in [4.78, 5) is 11.4. The summed E-state index contributed by atoms with van der Waals surface area (Å²) < 4.78 is 0. The van der Waals surface area contributed by atoms with Gasteiger partial charge in [0.15, 0.2) is 0 Å². The Hall–Kier alpha value is -2.16. The summed E-state index contributed by atoms with van der Waals surface area (Å²) in [6, 6.07) is 0.0618. The van der Waals surface area contributed by atoms with Gasteiger partial charge in [-0.1, -0.05) is 57.4 Å². The van der Waals surface area contributed by atoms with Crippen LogP contribution in [0.4, 0.5) is 0 Å². The third-order valence-electron chi connectivity index (χ3n) is 4.37. The van der Waals surface area contributed by atoms with E-state index >= 15 is 0 Å². The lowest BCUT2D eigenvalue weighted by Gasteiger charge is -2.28. The maximum Gasteiger partial charge on any atom is 0.100 e. The average Bonchev–Trinajstić information content (AvgIpc) is 2.60. The zero-order valence-corrected chi connectivity index (χ0v) is 17.4. The van der Waals surface area contributed by atoms with Crippen LogP contribution in [0.5, 0.6) is 0 Å². The number of hydrogen-bond donors (Lipinski definition) is 0. The molecule has 0 aromatic rings. The average molecular weight is 356 g/mol. The maximum atomic E-state index is 4.92. The molecule has 0 aliphatic heterocycles. The van der Waals surface area contributed by atoms with Crippen LogP contribution in [0.2, 0.25) is 0 Å². The largest absolute Gasteiger partial charge is 0.364 e. The highest BCUT2D eigenvalue weighted by molar-refractivity contribution is 5.56. The van der Waals surface area contributed by atoms with Gasteiger partial charge in [0.25, 0.3) is 0 Å². The molecule has 144 valence electrons. The maximum absolute atomic E-state index is 4.92. The van der Waals surface area contributed by atoms with Gasteiger partial charge in [-0.15, -0.1) is 6.58 Å². The van der Waals surface area contributed by atoms with Gasteiger partial charge >= 0.3 is 0 Å². The Labute approximate surface area is 161 Å². The van der Waals surface area contributed by atoms with Gasteiger partial charge in [0, 0.05) is 13.1 Å². The predicted octanol–water partition coefficient (Wildman–Crippen LogP) is 5.64. The monoisotopic (exact) mass is 355 g/mol. The summed E-state index contributed by atoms with van der Waals surface area (Å²) in [6.45, 7) is 24.1. The predicted molar refractivity (Wildman–Crippen MR) is 119 cm³/mol. The Morgan fingerprint density at radius 1 is 1.04 bits per heavy atom.